The van der Waals surface area contributed by atoms with Gasteiger partial charge in [0.15, 0.2) is 0 Å². The van der Waals surface area contributed by atoms with E-state index in [9.17, 15) is 5.11 Å². The summed E-state index contributed by atoms with van der Waals surface area (Å²) >= 11 is 6.74. The second-order valence-electron chi connectivity index (χ2n) is 2.93. The third-order valence-electron chi connectivity index (χ3n) is 1.84. The van der Waals surface area contributed by atoms with Crippen molar-refractivity contribution in [3.8, 4) is 0 Å². The van der Waals surface area contributed by atoms with Gasteiger partial charge in [-0.15, -0.1) is 0 Å². The minimum atomic E-state index is -0.550. The maximum Gasteiger partial charge on any atom is 0.0705 e. The molecule has 3 N–H and O–H groups in total. The minimum Gasteiger partial charge on any atom is -0.391 e. The van der Waals surface area contributed by atoms with Gasteiger partial charge in [0.25, 0.3) is 0 Å². The van der Waals surface area contributed by atoms with Crippen molar-refractivity contribution in [3.63, 3.8) is 0 Å². The van der Waals surface area contributed by atoms with Crippen LogP contribution in [0.4, 0.5) is 0 Å². The molecule has 0 heterocycles. The standard InChI is InChI=1S/C9H11Br2NO/c1-5(13)9(12)7-4-6(10)2-3-8(7)11/h2-5,9,13H,12H2,1H3/t5?,9-/m1/s1. The summed E-state index contributed by atoms with van der Waals surface area (Å²) in [7, 11) is 0. The van der Waals surface area contributed by atoms with Gasteiger partial charge in [0.2, 0.25) is 0 Å². The molecule has 0 aromatic heterocycles. The fraction of sp³-hybridized carbons (Fsp3) is 0.333. The number of hydrogen-bond donors (Lipinski definition) is 2. The lowest BCUT2D eigenvalue weighted by Gasteiger charge is -2.16. The van der Waals surface area contributed by atoms with Crippen molar-refractivity contribution in [1.29, 1.82) is 0 Å². The molecule has 0 amide bonds. The Labute approximate surface area is 94.4 Å². The molecule has 1 rings (SSSR count). The van der Waals surface area contributed by atoms with E-state index in [2.05, 4.69) is 31.9 Å². The molecule has 1 unspecified atom stereocenters. The van der Waals surface area contributed by atoms with Crippen molar-refractivity contribution in [2.75, 3.05) is 0 Å². The number of aliphatic hydroxyl groups excluding tert-OH is 1. The molecule has 4 heteroatoms. The Morgan fingerprint density at radius 3 is 2.54 bits per heavy atom. The Morgan fingerprint density at radius 2 is 2.00 bits per heavy atom. The molecular formula is C9H11Br2NO. The van der Waals surface area contributed by atoms with E-state index < -0.39 is 6.10 Å². The molecule has 0 aliphatic heterocycles. The van der Waals surface area contributed by atoms with E-state index in [1.54, 1.807) is 6.92 Å². The molecule has 0 aliphatic carbocycles. The topological polar surface area (TPSA) is 46.2 Å². The van der Waals surface area contributed by atoms with Crippen LogP contribution in [-0.4, -0.2) is 11.2 Å². The minimum absolute atomic E-state index is 0.355. The molecule has 0 saturated carbocycles. The zero-order valence-corrected chi connectivity index (χ0v) is 10.3. The average Bonchev–Trinajstić information content (AvgIpc) is 2.08. The second-order valence-corrected chi connectivity index (χ2v) is 4.70. The van der Waals surface area contributed by atoms with Crippen LogP contribution in [0.25, 0.3) is 0 Å². The number of hydrogen-bond acceptors (Lipinski definition) is 2. The van der Waals surface area contributed by atoms with Crippen LogP contribution in [0.2, 0.25) is 0 Å². The van der Waals surface area contributed by atoms with Crippen molar-refractivity contribution in [2.24, 2.45) is 5.73 Å². The first-order valence-electron chi connectivity index (χ1n) is 3.91. The molecular weight excluding hydrogens is 298 g/mol. The highest BCUT2D eigenvalue weighted by molar-refractivity contribution is 9.11. The molecule has 2 atom stereocenters. The highest BCUT2D eigenvalue weighted by Crippen LogP contribution is 2.27. The lowest BCUT2D eigenvalue weighted by atomic mass is 10.0. The van der Waals surface area contributed by atoms with Gasteiger partial charge in [0, 0.05) is 8.95 Å². The van der Waals surface area contributed by atoms with Gasteiger partial charge in [-0.1, -0.05) is 31.9 Å². The molecule has 13 heavy (non-hydrogen) atoms. The first-order chi connectivity index (χ1) is 6.02. The number of benzene rings is 1. The molecule has 2 nitrogen and oxygen atoms in total. The van der Waals surface area contributed by atoms with Crippen molar-refractivity contribution < 1.29 is 5.11 Å². The normalized spacial score (nSPS) is 15.5. The molecule has 1 aromatic rings. The Bertz CT molecular complexity index is 302. The van der Waals surface area contributed by atoms with Crippen LogP contribution >= 0.6 is 31.9 Å². The summed E-state index contributed by atoms with van der Waals surface area (Å²) in [5.74, 6) is 0. The Morgan fingerprint density at radius 1 is 1.38 bits per heavy atom. The molecule has 0 aliphatic rings. The van der Waals surface area contributed by atoms with Gasteiger partial charge in [-0.2, -0.15) is 0 Å². The molecule has 0 spiro atoms. The lowest BCUT2D eigenvalue weighted by Crippen LogP contribution is -2.23. The number of rotatable bonds is 2. The van der Waals surface area contributed by atoms with Crippen LogP contribution in [0.15, 0.2) is 27.1 Å². The maximum absolute atomic E-state index is 9.33. The summed E-state index contributed by atoms with van der Waals surface area (Å²) in [4.78, 5) is 0. The summed E-state index contributed by atoms with van der Waals surface area (Å²) in [5.41, 5.74) is 6.71. The highest BCUT2D eigenvalue weighted by atomic mass is 79.9. The van der Waals surface area contributed by atoms with Crippen LogP contribution < -0.4 is 5.73 Å². The molecule has 72 valence electrons. The van der Waals surface area contributed by atoms with Gasteiger partial charge in [0.1, 0.15) is 0 Å². The average molecular weight is 309 g/mol. The van der Waals surface area contributed by atoms with E-state index in [0.29, 0.717) is 0 Å². The quantitative estimate of drug-likeness (QED) is 0.882. The molecule has 1 aromatic carbocycles. The summed E-state index contributed by atoms with van der Waals surface area (Å²) in [6, 6.07) is 5.37. The lowest BCUT2D eigenvalue weighted by molar-refractivity contribution is 0.164. The van der Waals surface area contributed by atoms with Crippen molar-refractivity contribution >= 4 is 31.9 Å². The van der Waals surface area contributed by atoms with E-state index in [0.717, 1.165) is 14.5 Å². The van der Waals surface area contributed by atoms with Gasteiger partial charge in [-0.25, -0.2) is 0 Å². The van der Waals surface area contributed by atoms with Gasteiger partial charge in [-0.05, 0) is 30.7 Å². The van der Waals surface area contributed by atoms with Gasteiger partial charge < -0.3 is 10.8 Å². The van der Waals surface area contributed by atoms with Crippen molar-refractivity contribution in [2.45, 2.75) is 19.1 Å². The van der Waals surface area contributed by atoms with E-state index in [1.807, 2.05) is 18.2 Å². The zero-order valence-electron chi connectivity index (χ0n) is 7.17. The maximum atomic E-state index is 9.33. The second kappa shape index (κ2) is 4.55. The van der Waals surface area contributed by atoms with E-state index in [-0.39, 0.29) is 6.04 Å². The zero-order chi connectivity index (χ0) is 10.0. The summed E-state index contributed by atoms with van der Waals surface area (Å²) in [5, 5.41) is 9.33. The van der Waals surface area contributed by atoms with Crippen LogP contribution in [-0.2, 0) is 0 Å². The monoisotopic (exact) mass is 307 g/mol. The van der Waals surface area contributed by atoms with Crippen LogP contribution in [0.3, 0.4) is 0 Å². The van der Waals surface area contributed by atoms with E-state index in [1.165, 1.54) is 0 Å². The smallest absolute Gasteiger partial charge is 0.0705 e. The Kier molecular flexibility index (Phi) is 3.91. The highest BCUT2D eigenvalue weighted by Gasteiger charge is 2.14. The van der Waals surface area contributed by atoms with Gasteiger partial charge in [-0.3, -0.25) is 0 Å². The fourth-order valence-corrected chi connectivity index (χ4v) is 1.92. The van der Waals surface area contributed by atoms with Gasteiger partial charge in [0.05, 0.1) is 12.1 Å². The number of nitrogens with two attached hydrogens (primary N) is 1. The Hall–Kier alpha value is 0.1000. The largest absolute Gasteiger partial charge is 0.391 e. The van der Waals surface area contributed by atoms with E-state index in [4.69, 9.17) is 5.73 Å². The van der Waals surface area contributed by atoms with Crippen LogP contribution in [0, 0.1) is 0 Å². The SMILES string of the molecule is CC(O)[C@@H](N)c1cc(Br)ccc1Br. The van der Waals surface area contributed by atoms with Crippen molar-refractivity contribution in [3.05, 3.63) is 32.7 Å². The first-order valence-corrected chi connectivity index (χ1v) is 5.49. The predicted octanol–water partition coefficient (Wildman–Crippen LogP) is 2.59. The van der Waals surface area contributed by atoms with Crippen LogP contribution in [0.5, 0.6) is 0 Å². The molecule has 0 fully saturated rings. The summed E-state index contributed by atoms with van der Waals surface area (Å²) in [6.45, 7) is 1.68. The third kappa shape index (κ3) is 2.77. The van der Waals surface area contributed by atoms with Gasteiger partial charge >= 0.3 is 0 Å². The first kappa shape index (κ1) is 11.2. The molecule has 0 radical (unpaired) electrons. The summed E-state index contributed by atoms with van der Waals surface area (Å²) < 4.78 is 1.88. The Balaban J connectivity index is 3.05. The molecule has 0 saturated heterocycles. The van der Waals surface area contributed by atoms with Crippen molar-refractivity contribution in [1.82, 2.24) is 0 Å². The van der Waals surface area contributed by atoms with E-state index >= 15 is 0 Å². The predicted molar refractivity (Wildman–Crippen MR) is 60.5 cm³/mol. The molecule has 0 bridgehead atoms. The number of halogens is 2. The fourth-order valence-electron chi connectivity index (χ4n) is 1.03. The summed E-state index contributed by atoms with van der Waals surface area (Å²) in [6.07, 6.45) is -0.550. The number of aliphatic hydroxyl groups is 1. The third-order valence-corrected chi connectivity index (χ3v) is 3.05. The van der Waals surface area contributed by atoms with Crippen LogP contribution in [0.1, 0.15) is 18.5 Å².